The summed E-state index contributed by atoms with van der Waals surface area (Å²) in [6.07, 6.45) is 3.00. The Morgan fingerprint density at radius 1 is 1.47 bits per heavy atom. The molecule has 3 nitrogen and oxygen atoms in total. The Morgan fingerprint density at radius 2 is 2.16 bits per heavy atom. The number of benzene rings is 1. The third kappa shape index (κ3) is 3.56. The summed E-state index contributed by atoms with van der Waals surface area (Å²) in [5.74, 6) is 0. The molecule has 0 amide bonds. The molecule has 2 N–H and O–H groups in total. The van der Waals surface area contributed by atoms with Crippen LogP contribution in [-0.4, -0.2) is 23.5 Å². The molecule has 2 rings (SSSR count). The first-order chi connectivity index (χ1) is 9.15. The van der Waals surface area contributed by atoms with E-state index < -0.39 is 0 Å². The van der Waals surface area contributed by atoms with Gasteiger partial charge in [0.2, 0.25) is 0 Å². The Labute approximate surface area is 123 Å². The lowest BCUT2D eigenvalue weighted by atomic mass is 9.98. The number of hydrogen-bond donors (Lipinski definition) is 1. The van der Waals surface area contributed by atoms with Crippen LogP contribution in [0.15, 0.2) is 28.7 Å². The fourth-order valence-corrected chi connectivity index (χ4v) is 3.13. The summed E-state index contributed by atoms with van der Waals surface area (Å²) in [4.78, 5) is 2.41. The third-order valence-corrected chi connectivity index (χ3v) is 4.30. The molecule has 1 aliphatic rings. The van der Waals surface area contributed by atoms with Gasteiger partial charge in [0.15, 0.2) is 0 Å². The normalized spacial score (nSPS) is 18.1. The molecule has 0 heterocycles. The summed E-state index contributed by atoms with van der Waals surface area (Å²) in [5.41, 5.74) is 7.45. The zero-order valence-electron chi connectivity index (χ0n) is 11.2. The lowest BCUT2D eigenvalue weighted by Gasteiger charge is -2.35. The topological polar surface area (TPSA) is 53.0 Å². The molecular weight excluding hydrogens is 302 g/mol. The summed E-state index contributed by atoms with van der Waals surface area (Å²) in [6.45, 7) is 2.85. The van der Waals surface area contributed by atoms with Crippen LogP contribution >= 0.6 is 15.9 Å². The van der Waals surface area contributed by atoms with E-state index in [0.717, 1.165) is 11.0 Å². The first-order valence-electron chi connectivity index (χ1n) is 6.78. The second kappa shape index (κ2) is 6.51. The van der Waals surface area contributed by atoms with Crippen LogP contribution in [0.1, 0.15) is 37.8 Å². The Balaban J connectivity index is 2.27. The minimum absolute atomic E-state index is 0.0398. The molecule has 0 aromatic heterocycles. The van der Waals surface area contributed by atoms with Gasteiger partial charge < -0.3 is 5.73 Å². The number of halogens is 1. The number of nitrogens with zero attached hydrogens (tertiary/aromatic N) is 2. The Bertz CT molecular complexity index is 463. The molecular formula is C15H20BrN3. The first-order valence-corrected chi connectivity index (χ1v) is 7.57. The van der Waals surface area contributed by atoms with Crippen molar-refractivity contribution in [3.63, 3.8) is 0 Å². The zero-order chi connectivity index (χ0) is 13.8. The Kier molecular flexibility index (Phi) is 4.98. The second-order valence-corrected chi connectivity index (χ2v) is 6.06. The van der Waals surface area contributed by atoms with E-state index in [2.05, 4.69) is 39.0 Å². The van der Waals surface area contributed by atoms with Crippen molar-refractivity contribution in [2.45, 2.75) is 44.3 Å². The molecule has 2 atom stereocenters. The van der Waals surface area contributed by atoms with Gasteiger partial charge in [0.05, 0.1) is 12.1 Å². The molecule has 2 unspecified atom stereocenters. The summed E-state index contributed by atoms with van der Waals surface area (Å²) >= 11 is 3.62. The molecule has 4 heteroatoms. The maximum atomic E-state index is 8.85. The molecule has 1 aliphatic carbocycles. The lowest BCUT2D eigenvalue weighted by molar-refractivity contribution is 0.169. The van der Waals surface area contributed by atoms with Crippen LogP contribution in [0.4, 0.5) is 0 Å². The fraction of sp³-hybridized carbons (Fsp3) is 0.533. The molecule has 102 valence electrons. The van der Waals surface area contributed by atoms with Gasteiger partial charge in [0.25, 0.3) is 0 Å². The predicted octanol–water partition coefficient (Wildman–Crippen LogP) is 3.22. The predicted molar refractivity (Wildman–Crippen MR) is 80.5 cm³/mol. The summed E-state index contributed by atoms with van der Waals surface area (Å²) < 4.78 is 1.10. The Morgan fingerprint density at radius 3 is 2.68 bits per heavy atom. The zero-order valence-corrected chi connectivity index (χ0v) is 12.8. The molecule has 0 saturated heterocycles. The SMILES string of the molecule is CC(N)C(c1ccccc1Br)N(CCC#N)C1CC1. The largest absolute Gasteiger partial charge is 0.326 e. The van der Waals surface area contributed by atoms with Crippen LogP contribution < -0.4 is 5.73 Å². The van der Waals surface area contributed by atoms with Gasteiger partial charge in [-0.3, -0.25) is 4.90 Å². The van der Waals surface area contributed by atoms with Crippen molar-refractivity contribution in [2.75, 3.05) is 6.54 Å². The molecule has 0 radical (unpaired) electrons. The highest BCUT2D eigenvalue weighted by Crippen LogP contribution is 2.38. The van der Waals surface area contributed by atoms with E-state index in [1.807, 2.05) is 19.1 Å². The van der Waals surface area contributed by atoms with Gasteiger partial charge in [-0.05, 0) is 31.4 Å². The van der Waals surface area contributed by atoms with Crippen molar-refractivity contribution in [2.24, 2.45) is 5.73 Å². The van der Waals surface area contributed by atoms with E-state index in [1.165, 1.54) is 18.4 Å². The van der Waals surface area contributed by atoms with Crippen LogP contribution in [0.5, 0.6) is 0 Å². The smallest absolute Gasteiger partial charge is 0.0635 e. The molecule has 0 bridgehead atoms. The average Bonchev–Trinajstić information content (AvgIpc) is 3.20. The lowest BCUT2D eigenvalue weighted by Crippen LogP contribution is -2.41. The molecule has 1 fully saturated rings. The highest BCUT2D eigenvalue weighted by atomic mass is 79.9. The molecule has 1 aromatic carbocycles. The summed E-state index contributed by atoms with van der Waals surface area (Å²) in [5, 5.41) is 8.85. The van der Waals surface area contributed by atoms with Gasteiger partial charge >= 0.3 is 0 Å². The monoisotopic (exact) mass is 321 g/mol. The highest BCUT2D eigenvalue weighted by Gasteiger charge is 2.36. The van der Waals surface area contributed by atoms with E-state index >= 15 is 0 Å². The van der Waals surface area contributed by atoms with E-state index in [-0.39, 0.29) is 12.1 Å². The maximum Gasteiger partial charge on any atom is 0.0635 e. The van der Waals surface area contributed by atoms with Crippen LogP contribution in [0.25, 0.3) is 0 Å². The molecule has 1 aromatic rings. The number of rotatable bonds is 6. The van der Waals surface area contributed by atoms with Crippen LogP contribution in [0, 0.1) is 11.3 Å². The fourth-order valence-electron chi connectivity index (χ4n) is 2.61. The second-order valence-electron chi connectivity index (χ2n) is 5.20. The molecule has 19 heavy (non-hydrogen) atoms. The summed E-state index contributed by atoms with van der Waals surface area (Å²) in [6, 6.07) is 11.3. The van der Waals surface area contributed by atoms with E-state index in [0.29, 0.717) is 12.5 Å². The van der Waals surface area contributed by atoms with E-state index in [4.69, 9.17) is 11.0 Å². The standard InChI is InChI=1S/C15H20BrN3/c1-11(18)15(13-5-2-3-6-14(13)16)19(10-4-9-17)12-7-8-12/h2-3,5-6,11-12,15H,4,7-8,10,18H2,1H3. The molecule has 1 saturated carbocycles. The minimum atomic E-state index is 0.0398. The van der Waals surface area contributed by atoms with Crippen molar-refractivity contribution in [1.29, 1.82) is 5.26 Å². The molecule has 0 spiro atoms. The number of hydrogen-bond acceptors (Lipinski definition) is 3. The van der Waals surface area contributed by atoms with Gasteiger partial charge in [-0.25, -0.2) is 0 Å². The number of nitriles is 1. The Hall–Kier alpha value is -0.890. The minimum Gasteiger partial charge on any atom is -0.326 e. The quantitative estimate of drug-likeness (QED) is 0.875. The summed E-state index contributed by atoms with van der Waals surface area (Å²) in [7, 11) is 0. The molecule has 0 aliphatic heterocycles. The van der Waals surface area contributed by atoms with E-state index in [1.54, 1.807) is 0 Å². The van der Waals surface area contributed by atoms with Gasteiger partial charge in [-0.1, -0.05) is 34.1 Å². The number of nitrogens with two attached hydrogens (primary N) is 1. The van der Waals surface area contributed by atoms with Crippen LogP contribution in [0.2, 0.25) is 0 Å². The van der Waals surface area contributed by atoms with Gasteiger partial charge in [0, 0.05) is 29.5 Å². The van der Waals surface area contributed by atoms with Crippen molar-refractivity contribution in [3.8, 4) is 6.07 Å². The third-order valence-electron chi connectivity index (χ3n) is 3.58. The average molecular weight is 322 g/mol. The van der Waals surface area contributed by atoms with Gasteiger partial charge in [0.1, 0.15) is 0 Å². The van der Waals surface area contributed by atoms with Crippen molar-refractivity contribution >= 4 is 15.9 Å². The first kappa shape index (κ1) is 14.5. The van der Waals surface area contributed by atoms with Crippen molar-refractivity contribution < 1.29 is 0 Å². The van der Waals surface area contributed by atoms with Crippen LogP contribution in [-0.2, 0) is 0 Å². The van der Waals surface area contributed by atoms with Crippen molar-refractivity contribution in [1.82, 2.24) is 4.90 Å². The maximum absolute atomic E-state index is 8.85. The van der Waals surface area contributed by atoms with Crippen LogP contribution in [0.3, 0.4) is 0 Å². The van der Waals surface area contributed by atoms with E-state index in [9.17, 15) is 0 Å². The van der Waals surface area contributed by atoms with Gasteiger partial charge in [-0.15, -0.1) is 0 Å². The highest BCUT2D eigenvalue weighted by molar-refractivity contribution is 9.10. The van der Waals surface area contributed by atoms with Crippen molar-refractivity contribution in [3.05, 3.63) is 34.3 Å². The van der Waals surface area contributed by atoms with Gasteiger partial charge in [-0.2, -0.15) is 5.26 Å².